The first-order chi connectivity index (χ1) is 11.7. The van der Waals surface area contributed by atoms with Crippen LogP contribution in [0.15, 0.2) is 34.9 Å². The molecule has 5 nitrogen and oxygen atoms in total. The Bertz CT molecular complexity index is 693. The predicted octanol–water partition coefficient (Wildman–Crippen LogP) is 3.05. The Balaban J connectivity index is 1.54. The molecule has 1 fully saturated rings. The Labute approximate surface area is 140 Å². The second-order valence-electron chi connectivity index (χ2n) is 5.91. The van der Waals surface area contributed by atoms with Gasteiger partial charge in [0.15, 0.2) is 11.7 Å². The minimum absolute atomic E-state index is 0.0928. The van der Waals surface area contributed by atoms with Crippen LogP contribution < -0.4 is 0 Å². The summed E-state index contributed by atoms with van der Waals surface area (Å²) >= 11 is 0. The van der Waals surface area contributed by atoms with Gasteiger partial charge in [0.25, 0.3) is 0 Å². The summed E-state index contributed by atoms with van der Waals surface area (Å²) in [5.74, 6) is 0.581. The van der Waals surface area contributed by atoms with E-state index in [4.69, 9.17) is 9.15 Å². The zero-order valence-electron chi connectivity index (χ0n) is 13.7. The van der Waals surface area contributed by atoms with E-state index < -0.39 is 0 Å². The van der Waals surface area contributed by atoms with E-state index in [1.165, 1.54) is 12.3 Å². The van der Waals surface area contributed by atoms with Crippen molar-refractivity contribution in [3.63, 3.8) is 0 Å². The smallest absolute Gasteiger partial charge is 0.223 e. The molecule has 6 heteroatoms. The Morgan fingerprint density at radius 3 is 2.83 bits per heavy atom. The maximum Gasteiger partial charge on any atom is 0.223 e. The summed E-state index contributed by atoms with van der Waals surface area (Å²) < 4.78 is 24.6. The Kier molecular flexibility index (Phi) is 5.25. The molecule has 3 rings (SSSR count). The third kappa shape index (κ3) is 3.82. The molecule has 0 bridgehead atoms. The van der Waals surface area contributed by atoms with Gasteiger partial charge < -0.3 is 14.1 Å². The Morgan fingerprint density at radius 2 is 2.12 bits per heavy atom. The van der Waals surface area contributed by atoms with Gasteiger partial charge in [-0.3, -0.25) is 4.79 Å². The third-order valence-corrected chi connectivity index (χ3v) is 4.37. The average Bonchev–Trinajstić information content (AvgIpc) is 3.09. The van der Waals surface area contributed by atoms with Gasteiger partial charge in [-0.15, -0.1) is 0 Å². The fourth-order valence-corrected chi connectivity index (χ4v) is 2.92. The van der Waals surface area contributed by atoms with Gasteiger partial charge in [-0.25, -0.2) is 9.37 Å². The number of carbonyl (C=O) groups excluding carboxylic acids is 1. The number of halogens is 1. The van der Waals surface area contributed by atoms with Crippen molar-refractivity contribution in [1.29, 1.82) is 0 Å². The number of hydrogen-bond acceptors (Lipinski definition) is 4. The maximum absolute atomic E-state index is 13.7. The molecular weight excluding hydrogens is 311 g/mol. The standard InChI is InChI=1S/C18H21FN2O3/c1-23-13-8-10-21(11-9-13)18(22)7-6-17-20-12-16(24-17)14-4-2-3-5-15(14)19/h2-5,12-13H,6-11H2,1H3. The second kappa shape index (κ2) is 7.57. The lowest BCUT2D eigenvalue weighted by Crippen LogP contribution is -2.40. The molecule has 1 amide bonds. The topological polar surface area (TPSA) is 55.6 Å². The van der Waals surface area contributed by atoms with E-state index in [2.05, 4.69) is 4.98 Å². The molecule has 24 heavy (non-hydrogen) atoms. The number of piperidine rings is 1. The molecule has 128 valence electrons. The molecule has 1 aromatic heterocycles. The van der Waals surface area contributed by atoms with Crippen molar-refractivity contribution < 1.29 is 18.3 Å². The number of benzene rings is 1. The van der Waals surface area contributed by atoms with Gasteiger partial charge in [-0.2, -0.15) is 0 Å². The van der Waals surface area contributed by atoms with Crippen molar-refractivity contribution in [3.05, 3.63) is 42.2 Å². The molecule has 0 spiro atoms. The number of ether oxygens (including phenoxy) is 1. The SMILES string of the molecule is COC1CCN(C(=O)CCc2ncc(-c3ccccc3F)o2)CC1. The molecule has 0 saturated carbocycles. The molecule has 1 saturated heterocycles. The first-order valence-corrected chi connectivity index (χ1v) is 8.17. The number of methoxy groups -OCH3 is 1. The highest BCUT2D eigenvalue weighted by Gasteiger charge is 2.22. The highest BCUT2D eigenvalue weighted by molar-refractivity contribution is 5.76. The van der Waals surface area contributed by atoms with Crippen molar-refractivity contribution in [2.45, 2.75) is 31.8 Å². The number of nitrogens with zero attached hydrogens (tertiary/aromatic N) is 2. The van der Waals surface area contributed by atoms with E-state index in [1.54, 1.807) is 25.3 Å². The van der Waals surface area contributed by atoms with Crippen LogP contribution in [0.2, 0.25) is 0 Å². The monoisotopic (exact) mass is 332 g/mol. The van der Waals surface area contributed by atoms with Crippen LogP contribution in [0.4, 0.5) is 4.39 Å². The van der Waals surface area contributed by atoms with E-state index in [0.717, 1.165) is 25.9 Å². The van der Waals surface area contributed by atoms with Crippen LogP contribution in [0, 0.1) is 5.82 Å². The number of oxazole rings is 1. The molecule has 1 aliphatic rings. The fourth-order valence-electron chi connectivity index (χ4n) is 2.92. The normalized spacial score (nSPS) is 15.7. The molecular formula is C18H21FN2O3. The summed E-state index contributed by atoms with van der Waals surface area (Å²) in [6.07, 6.45) is 4.26. The van der Waals surface area contributed by atoms with Crippen molar-refractivity contribution in [2.24, 2.45) is 0 Å². The van der Waals surface area contributed by atoms with Crippen LogP contribution in [0.3, 0.4) is 0 Å². The summed E-state index contributed by atoms with van der Waals surface area (Å²) in [5.41, 5.74) is 0.379. The van der Waals surface area contributed by atoms with Gasteiger partial charge in [0.05, 0.1) is 17.9 Å². The quantitative estimate of drug-likeness (QED) is 0.844. The molecule has 2 aromatic rings. The van der Waals surface area contributed by atoms with Crippen LogP contribution in [0.1, 0.15) is 25.2 Å². The minimum atomic E-state index is -0.350. The first-order valence-electron chi connectivity index (χ1n) is 8.17. The molecule has 0 N–H and O–H groups in total. The zero-order valence-corrected chi connectivity index (χ0v) is 13.7. The largest absolute Gasteiger partial charge is 0.441 e. The van der Waals surface area contributed by atoms with Crippen molar-refractivity contribution >= 4 is 5.91 Å². The maximum atomic E-state index is 13.7. The number of aryl methyl sites for hydroxylation is 1. The highest BCUT2D eigenvalue weighted by atomic mass is 19.1. The van der Waals surface area contributed by atoms with E-state index >= 15 is 0 Å². The van der Waals surface area contributed by atoms with Crippen LogP contribution in [-0.4, -0.2) is 42.1 Å². The van der Waals surface area contributed by atoms with E-state index in [9.17, 15) is 9.18 Å². The lowest BCUT2D eigenvalue weighted by molar-refractivity contribution is -0.133. The van der Waals surface area contributed by atoms with Gasteiger partial charge in [-0.1, -0.05) is 12.1 Å². The molecule has 0 atom stereocenters. The minimum Gasteiger partial charge on any atom is -0.441 e. The zero-order chi connectivity index (χ0) is 16.9. The van der Waals surface area contributed by atoms with Gasteiger partial charge in [0, 0.05) is 33.0 Å². The van der Waals surface area contributed by atoms with Crippen LogP contribution in [-0.2, 0) is 16.0 Å². The van der Waals surface area contributed by atoms with Crippen molar-refractivity contribution in [3.8, 4) is 11.3 Å². The molecule has 0 radical (unpaired) electrons. The number of hydrogen-bond donors (Lipinski definition) is 0. The summed E-state index contributed by atoms with van der Waals surface area (Å²) in [5, 5.41) is 0. The summed E-state index contributed by atoms with van der Waals surface area (Å²) in [6, 6.07) is 6.39. The third-order valence-electron chi connectivity index (χ3n) is 4.37. The van der Waals surface area contributed by atoms with Crippen LogP contribution >= 0.6 is 0 Å². The Hall–Kier alpha value is -2.21. The van der Waals surface area contributed by atoms with Gasteiger partial charge >= 0.3 is 0 Å². The fraction of sp³-hybridized carbons (Fsp3) is 0.444. The summed E-state index contributed by atoms with van der Waals surface area (Å²) in [6.45, 7) is 1.45. The van der Waals surface area contributed by atoms with E-state index in [-0.39, 0.29) is 17.8 Å². The highest BCUT2D eigenvalue weighted by Crippen LogP contribution is 2.23. The van der Waals surface area contributed by atoms with Crippen molar-refractivity contribution in [1.82, 2.24) is 9.88 Å². The van der Waals surface area contributed by atoms with Crippen LogP contribution in [0.5, 0.6) is 0 Å². The number of likely N-dealkylation sites (tertiary alicyclic amines) is 1. The lowest BCUT2D eigenvalue weighted by atomic mass is 10.1. The molecule has 0 unspecified atom stereocenters. The summed E-state index contributed by atoms with van der Waals surface area (Å²) in [7, 11) is 1.71. The van der Waals surface area contributed by atoms with E-state index in [0.29, 0.717) is 30.1 Å². The average molecular weight is 332 g/mol. The summed E-state index contributed by atoms with van der Waals surface area (Å²) in [4.78, 5) is 18.3. The molecule has 1 aromatic carbocycles. The van der Waals surface area contributed by atoms with Gasteiger partial charge in [0.1, 0.15) is 5.82 Å². The number of carbonyl (C=O) groups is 1. The molecule has 0 aliphatic carbocycles. The van der Waals surface area contributed by atoms with E-state index in [1.807, 2.05) is 4.90 Å². The first kappa shape index (κ1) is 16.6. The number of amides is 1. The van der Waals surface area contributed by atoms with Crippen molar-refractivity contribution in [2.75, 3.05) is 20.2 Å². The molecule has 2 heterocycles. The Morgan fingerprint density at radius 1 is 1.38 bits per heavy atom. The predicted molar refractivity (Wildman–Crippen MR) is 86.8 cm³/mol. The van der Waals surface area contributed by atoms with Gasteiger partial charge in [-0.05, 0) is 25.0 Å². The van der Waals surface area contributed by atoms with Gasteiger partial charge in [0.2, 0.25) is 5.91 Å². The molecule has 1 aliphatic heterocycles. The number of rotatable bonds is 5. The lowest BCUT2D eigenvalue weighted by Gasteiger charge is -2.31. The van der Waals surface area contributed by atoms with Crippen LogP contribution in [0.25, 0.3) is 11.3 Å². The number of aromatic nitrogens is 1. The second-order valence-corrected chi connectivity index (χ2v) is 5.91.